The lowest BCUT2D eigenvalue weighted by atomic mass is 10.0. The van der Waals surface area contributed by atoms with Crippen LogP contribution >= 0.6 is 0 Å². The number of aryl methyl sites for hydroxylation is 2. The van der Waals surface area contributed by atoms with Gasteiger partial charge < -0.3 is 8.83 Å². The molecule has 31 heavy (non-hydrogen) atoms. The summed E-state index contributed by atoms with van der Waals surface area (Å²) in [5.74, 6) is 0.662. The van der Waals surface area contributed by atoms with Crippen molar-refractivity contribution in [3.8, 4) is 0 Å². The molecule has 162 valence electrons. The molecule has 2 nitrogen and oxygen atoms in total. The van der Waals surface area contributed by atoms with Gasteiger partial charge in [-0.1, -0.05) is 0 Å². The van der Waals surface area contributed by atoms with E-state index in [0.29, 0.717) is 22.8 Å². The number of alkyl halides is 3. The molecule has 0 aliphatic heterocycles. The summed E-state index contributed by atoms with van der Waals surface area (Å²) in [6.07, 6.45) is 3.01. The van der Waals surface area contributed by atoms with Crippen LogP contribution in [0.1, 0.15) is 65.3 Å². The van der Waals surface area contributed by atoms with Crippen molar-refractivity contribution in [2.45, 2.75) is 57.5 Å². The molecule has 2 aromatic heterocycles. The first kappa shape index (κ1) is 20.2. The third-order valence-corrected chi connectivity index (χ3v) is 6.14. The summed E-state index contributed by atoms with van der Waals surface area (Å²) in [5.41, 5.74) is 3.39. The average Bonchev–Trinajstić information content (AvgIpc) is 3.64. The van der Waals surface area contributed by atoms with Crippen LogP contribution in [0, 0.1) is 19.7 Å². The highest BCUT2D eigenvalue weighted by Crippen LogP contribution is 2.45. The largest absolute Gasteiger partial charge is 0.463 e. The minimum atomic E-state index is -4.35. The molecule has 4 aromatic rings. The van der Waals surface area contributed by atoms with Gasteiger partial charge in [-0.2, -0.15) is 13.2 Å². The minimum Gasteiger partial charge on any atom is -0.463 e. The quantitative estimate of drug-likeness (QED) is 0.299. The Balaban J connectivity index is 0.000000134. The summed E-state index contributed by atoms with van der Waals surface area (Å²) in [7, 11) is 0. The van der Waals surface area contributed by atoms with Crippen molar-refractivity contribution in [1.82, 2.24) is 0 Å². The fourth-order valence-electron chi connectivity index (χ4n) is 4.04. The fourth-order valence-corrected chi connectivity index (χ4v) is 4.04. The van der Waals surface area contributed by atoms with E-state index in [2.05, 4.69) is 6.07 Å². The standard InChI is InChI=1S/C13H11F3O.C12H11FO/c1-7-6-17-12-10(7)4-9(8-2-3-8)5-11(12)13(14,15)16;1-7-6-14-12-10(7)4-9(5-11(12)13)8-2-3-8/h4-6,8H,2-3H2,1H3;4-6,8H,2-3H2,1H3. The molecule has 0 amide bonds. The molecule has 0 atom stereocenters. The molecular weight excluding hydrogens is 408 g/mol. The van der Waals surface area contributed by atoms with Gasteiger partial charge in [0.25, 0.3) is 0 Å². The molecule has 2 heterocycles. The third kappa shape index (κ3) is 3.84. The molecule has 2 aliphatic carbocycles. The molecule has 0 radical (unpaired) electrons. The topological polar surface area (TPSA) is 26.3 Å². The zero-order valence-corrected chi connectivity index (χ0v) is 17.3. The molecule has 0 N–H and O–H groups in total. The molecule has 2 aromatic carbocycles. The third-order valence-electron chi connectivity index (χ3n) is 6.14. The zero-order chi connectivity index (χ0) is 21.9. The van der Waals surface area contributed by atoms with Crippen molar-refractivity contribution in [2.75, 3.05) is 0 Å². The lowest BCUT2D eigenvalue weighted by Gasteiger charge is -2.09. The highest BCUT2D eigenvalue weighted by atomic mass is 19.4. The molecule has 0 spiro atoms. The maximum atomic E-state index is 13.6. The molecule has 0 saturated heterocycles. The van der Waals surface area contributed by atoms with Crippen molar-refractivity contribution >= 4 is 21.9 Å². The summed E-state index contributed by atoms with van der Waals surface area (Å²) < 4.78 is 62.5. The molecule has 6 heteroatoms. The lowest BCUT2D eigenvalue weighted by molar-refractivity contribution is -0.136. The Morgan fingerprint density at radius 3 is 1.74 bits per heavy atom. The first-order valence-corrected chi connectivity index (χ1v) is 10.5. The molecule has 6 rings (SSSR count). The smallest absolute Gasteiger partial charge is 0.420 e. The second-order valence-electron chi connectivity index (χ2n) is 8.71. The van der Waals surface area contributed by atoms with E-state index in [4.69, 9.17) is 8.83 Å². The van der Waals surface area contributed by atoms with Crippen molar-refractivity contribution in [2.24, 2.45) is 0 Å². The van der Waals surface area contributed by atoms with E-state index in [9.17, 15) is 17.6 Å². The number of benzene rings is 2. The van der Waals surface area contributed by atoms with Crippen LogP contribution in [0.4, 0.5) is 17.6 Å². The number of halogens is 4. The Labute approximate surface area is 176 Å². The van der Waals surface area contributed by atoms with Gasteiger partial charge in [-0.3, -0.25) is 0 Å². The van der Waals surface area contributed by atoms with E-state index in [1.165, 1.54) is 25.2 Å². The van der Waals surface area contributed by atoms with Crippen LogP contribution in [-0.2, 0) is 6.18 Å². The fraction of sp³-hybridized carbons (Fsp3) is 0.360. The van der Waals surface area contributed by atoms with E-state index < -0.39 is 11.7 Å². The zero-order valence-electron chi connectivity index (χ0n) is 17.3. The van der Waals surface area contributed by atoms with Gasteiger partial charge in [0.1, 0.15) is 5.58 Å². The van der Waals surface area contributed by atoms with Gasteiger partial charge in [0.15, 0.2) is 11.4 Å². The molecule has 0 bridgehead atoms. The van der Waals surface area contributed by atoms with Crippen LogP contribution < -0.4 is 0 Å². The monoisotopic (exact) mass is 430 g/mol. The Hall–Kier alpha value is -2.76. The Bertz CT molecular complexity index is 1270. The first-order valence-electron chi connectivity index (χ1n) is 10.5. The van der Waals surface area contributed by atoms with Gasteiger partial charge in [0.2, 0.25) is 0 Å². The SMILES string of the molecule is Cc1coc2c(C(F)(F)F)cc(C3CC3)cc12.Cc1coc2c(F)cc(C3CC3)cc12. The maximum Gasteiger partial charge on any atom is 0.420 e. The van der Waals surface area contributed by atoms with Crippen LogP contribution in [0.5, 0.6) is 0 Å². The Morgan fingerprint density at radius 2 is 1.23 bits per heavy atom. The minimum absolute atomic E-state index is 0.0422. The second-order valence-corrected chi connectivity index (χ2v) is 8.71. The maximum absolute atomic E-state index is 13.6. The molecule has 2 fully saturated rings. The van der Waals surface area contributed by atoms with Gasteiger partial charge >= 0.3 is 6.18 Å². The van der Waals surface area contributed by atoms with Gasteiger partial charge in [-0.05, 0) is 97.9 Å². The summed E-state index contributed by atoms with van der Waals surface area (Å²) >= 11 is 0. The van der Waals surface area contributed by atoms with E-state index in [0.717, 1.165) is 40.5 Å². The van der Waals surface area contributed by atoms with Gasteiger partial charge in [0.05, 0.1) is 18.1 Å². The highest BCUT2D eigenvalue weighted by Gasteiger charge is 2.36. The van der Waals surface area contributed by atoms with Crippen LogP contribution in [0.25, 0.3) is 21.9 Å². The Kier molecular flexibility index (Phi) is 4.65. The summed E-state index contributed by atoms with van der Waals surface area (Å²) in [6, 6.07) is 6.75. The number of furan rings is 2. The van der Waals surface area contributed by atoms with E-state index in [-0.39, 0.29) is 11.4 Å². The second kappa shape index (κ2) is 7.14. The van der Waals surface area contributed by atoms with Crippen molar-refractivity contribution in [1.29, 1.82) is 0 Å². The molecule has 0 unspecified atom stereocenters. The van der Waals surface area contributed by atoms with Gasteiger partial charge in [-0.25, -0.2) is 4.39 Å². The van der Waals surface area contributed by atoms with Crippen molar-refractivity contribution in [3.63, 3.8) is 0 Å². The normalized spacial score (nSPS) is 16.6. The van der Waals surface area contributed by atoms with E-state index >= 15 is 0 Å². The van der Waals surface area contributed by atoms with E-state index in [1.807, 2.05) is 13.0 Å². The predicted octanol–water partition coefficient (Wildman–Crippen LogP) is 8.40. The van der Waals surface area contributed by atoms with Gasteiger partial charge in [-0.15, -0.1) is 0 Å². The van der Waals surface area contributed by atoms with Crippen molar-refractivity contribution < 1.29 is 26.4 Å². The molecule has 2 saturated carbocycles. The molecule has 2 aliphatic rings. The van der Waals surface area contributed by atoms with Gasteiger partial charge in [0, 0.05) is 10.8 Å². The van der Waals surface area contributed by atoms with Crippen LogP contribution in [-0.4, -0.2) is 0 Å². The number of fused-ring (bicyclic) bond motifs is 2. The van der Waals surface area contributed by atoms with Crippen molar-refractivity contribution in [3.05, 3.63) is 70.4 Å². The summed E-state index contributed by atoms with van der Waals surface area (Å²) in [6.45, 7) is 3.71. The van der Waals surface area contributed by atoms with Crippen LogP contribution in [0.3, 0.4) is 0 Å². The highest BCUT2D eigenvalue weighted by molar-refractivity contribution is 5.85. The average molecular weight is 430 g/mol. The predicted molar refractivity (Wildman–Crippen MR) is 111 cm³/mol. The summed E-state index contributed by atoms with van der Waals surface area (Å²) in [4.78, 5) is 0. The first-order chi connectivity index (χ1) is 14.7. The number of rotatable bonds is 2. The number of hydrogen-bond acceptors (Lipinski definition) is 2. The van der Waals surface area contributed by atoms with Crippen LogP contribution in [0.15, 0.2) is 45.6 Å². The van der Waals surface area contributed by atoms with Crippen LogP contribution in [0.2, 0.25) is 0 Å². The number of hydrogen-bond donors (Lipinski definition) is 0. The Morgan fingerprint density at radius 1 is 0.742 bits per heavy atom. The molecular formula is C25H22F4O2. The summed E-state index contributed by atoms with van der Waals surface area (Å²) in [5, 5.41) is 1.51. The van der Waals surface area contributed by atoms with E-state index in [1.54, 1.807) is 19.3 Å². The lowest BCUT2D eigenvalue weighted by Crippen LogP contribution is -2.06.